The fourth-order valence-corrected chi connectivity index (χ4v) is 1.39. The van der Waals surface area contributed by atoms with Crippen LogP contribution in [0.25, 0.3) is 0 Å². The highest BCUT2D eigenvalue weighted by molar-refractivity contribution is 5.85. The molecule has 6 nitrogen and oxygen atoms in total. The first-order valence-electron chi connectivity index (χ1n) is 5.01. The van der Waals surface area contributed by atoms with Crippen LogP contribution in [0.1, 0.15) is 0 Å². The Morgan fingerprint density at radius 3 is 1.38 bits per heavy atom. The van der Waals surface area contributed by atoms with Gasteiger partial charge in [-0.05, 0) is 0 Å². The van der Waals surface area contributed by atoms with Crippen LogP contribution in [0.4, 0.5) is 0 Å². The fraction of sp³-hybridized carbons (Fsp3) is 0.400. The monoisotopic (exact) mass is 224 g/mol. The number of piperazine rings is 1. The Bertz CT molecular complexity index is 285. The van der Waals surface area contributed by atoms with Crippen molar-refractivity contribution in [2.75, 3.05) is 26.2 Å². The van der Waals surface area contributed by atoms with Crippen LogP contribution in [-0.2, 0) is 9.59 Å². The van der Waals surface area contributed by atoms with E-state index in [-0.39, 0.29) is 0 Å². The molecule has 1 aliphatic rings. The summed E-state index contributed by atoms with van der Waals surface area (Å²) in [6, 6.07) is 0. The maximum absolute atomic E-state index is 10.5. The highest BCUT2D eigenvalue weighted by Crippen LogP contribution is 2.02. The van der Waals surface area contributed by atoms with E-state index in [1.165, 1.54) is 12.2 Å². The van der Waals surface area contributed by atoms with Crippen LogP contribution in [0.3, 0.4) is 0 Å². The Labute approximate surface area is 94.2 Å². The van der Waals surface area contributed by atoms with Crippen LogP contribution < -0.4 is 11.5 Å². The third kappa shape index (κ3) is 4.50. The lowest BCUT2D eigenvalue weighted by Gasteiger charge is -2.33. The van der Waals surface area contributed by atoms with Gasteiger partial charge in [-0.15, -0.1) is 0 Å². The molecule has 1 heterocycles. The molecule has 0 aliphatic carbocycles. The van der Waals surface area contributed by atoms with Gasteiger partial charge in [0.2, 0.25) is 11.8 Å². The average Bonchev–Trinajstić information content (AvgIpc) is 2.25. The van der Waals surface area contributed by atoms with Crippen molar-refractivity contribution in [3.8, 4) is 0 Å². The second kappa shape index (κ2) is 5.79. The molecule has 0 radical (unpaired) electrons. The van der Waals surface area contributed by atoms with Crippen LogP contribution in [0.5, 0.6) is 0 Å². The molecule has 0 aromatic rings. The Morgan fingerprint density at radius 1 is 0.812 bits per heavy atom. The van der Waals surface area contributed by atoms with E-state index in [4.69, 9.17) is 11.5 Å². The first-order chi connectivity index (χ1) is 7.58. The Morgan fingerprint density at radius 2 is 1.12 bits per heavy atom. The zero-order valence-corrected chi connectivity index (χ0v) is 9.00. The van der Waals surface area contributed by atoms with E-state index in [2.05, 4.69) is 0 Å². The van der Waals surface area contributed by atoms with Gasteiger partial charge in [0.05, 0.1) is 0 Å². The zero-order valence-electron chi connectivity index (χ0n) is 9.00. The molecule has 2 amide bonds. The third-order valence-electron chi connectivity index (χ3n) is 2.25. The molecule has 0 bridgehead atoms. The van der Waals surface area contributed by atoms with Gasteiger partial charge in [0, 0.05) is 50.7 Å². The minimum atomic E-state index is -0.448. The van der Waals surface area contributed by atoms with Crippen molar-refractivity contribution < 1.29 is 9.59 Å². The third-order valence-corrected chi connectivity index (χ3v) is 2.25. The smallest absolute Gasteiger partial charge is 0.242 e. The molecular formula is C10H16N4O2. The molecule has 1 saturated heterocycles. The predicted molar refractivity (Wildman–Crippen MR) is 59.8 cm³/mol. The molecule has 0 saturated carbocycles. The normalized spacial score (nSPS) is 17.2. The Hall–Kier alpha value is -1.98. The molecule has 0 spiro atoms. The molecule has 88 valence electrons. The molecule has 0 aromatic carbocycles. The second-order valence-corrected chi connectivity index (χ2v) is 3.51. The molecule has 0 atom stereocenters. The molecular weight excluding hydrogens is 208 g/mol. The summed E-state index contributed by atoms with van der Waals surface area (Å²) in [6.45, 7) is 3.14. The first kappa shape index (κ1) is 12.1. The van der Waals surface area contributed by atoms with E-state index in [1.807, 2.05) is 9.80 Å². The van der Waals surface area contributed by atoms with Gasteiger partial charge in [0.25, 0.3) is 0 Å². The number of carbonyl (C=O) groups is 2. The maximum atomic E-state index is 10.5. The van der Waals surface area contributed by atoms with Crippen molar-refractivity contribution in [3.63, 3.8) is 0 Å². The van der Waals surface area contributed by atoms with E-state index in [9.17, 15) is 9.59 Å². The number of hydrogen-bond acceptors (Lipinski definition) is 4. The van der Waals surface area contributed by atoms with Crippen LogP contribution in [0.15, 0.2) is 24.6 Å². The number of carbonyl (C=O) groups excluding carboxylic acids is 2. The van der Waals surface area contributed by atoms with E-state index in [0.717, 1.165) is 26.2 Å². The summed E-state index contributed by atoms with van der Waals surface area (Å²) in [5, 5.41) is 0. The summed E-state index contributed by atoms with van der Waals surface area (Å²) in [4.78, 5) is 25.0. The topological polar surface area (TPSA) is 92.7 Å². The molecule has 1 rings (SSSR count). The van der Waals surface area contributed by atoms with Gasteiger partial charge in [-0.3, -0.25) is 9.59 Å². The maximum Gasteiger partial charge on any atom is 0.242 e. The van der Waals surface area contributed by atoms with Crippen molar-refractivity contribution in [2.45, 2.75) is 0 Å². The van der Waals surface area contributed by atoms with Gasteiger partial charge in [0.15, 0.2) is 0 Å². The summed E-state index contributed by atoms with van der Waals surface area (Å²) in [6.07, 6.45) is 6.07. The van der Waals surface area contributed by atoms with Gasteiger partial charge in [-0.25, -0.2) is 0 Å². The summed E-state index contributed by atoms with van der Waals surface area (Å²) < 4.78 is 0. The molecule has 4 N–H and O–H groups in total. The van der Waals surface area contributed by atoms with Gasteiger partial charge in [0.1, 0.15) is 0 Å². The molecule has 1 fully saturated rings. The lowest BCUT2D eigenvalue weighted by molar-refractivity contribution is -0.114. The lowest BCUT2D eigenvalue weighted by Crippen LogP contribution is -2.41. The summed E-state index contributed by atoms with van der Waals surface area (Å²) in [5.74, 6) is -0.896. The molecule has 0 aromatic heterocycles. The first-order valence-corrected chi connectivity index (χ1v) is 5.01. The summed E-state index contributed by atoms with van der Waals surface area (Å²) >= 11 is 0. The minimum absolute atomic E-state index is 0.448. The quantitative estimate of drug-likeness (QED) is 0.574. The summed E-state index contributed by atoms with van der Waals surface area (Å²) in [5.41, 5.74) is 9.99. The van der Waals surface area contributed by atoms with Gasteiger partial charge < -0.3 is 21.3 Å². The number of nitrogens with zero attached hydrogens (tertiary/aromatic N) is 2. The average molecular weight is 224 g/mol. The second-order valence-electron chi connectivity index (χ2n) is 3.51. The molecule has 0 unspecified atom stereocenters. The van der Waals surface area contributed by atoms with Crippen LogP contribution >= 0.6 is 0 Å². The molecule has 6 heteroatoms. The van der Waals surface area contributed by atoms with Gasteiger partial charge in [-0.2, -0.15) is 0 Å². The summed E-state index contributed by atoms with van der Waals surface area (Å²) in [7, 11) is 0. The highest BCUT2D eigenvalue weighted by atomic mass is 16.1. The van der Waals surface area contributed by atoms with E-state index >= 15 is 0 Å². The van der Waals surface area contributed by atoms with Crippen LogP contribution in [0, 0.1) is 0 Å². The number of rotatable bonds is 4. The van der Waals surface area contributed by atoms with E-state index in [0.29, 0.717) is 0 Å². The van der Waals surface area contributed by atoms with E-state index < -0.39 is 11.8 Å². The van der Waals surface area contributed by atoms with Gasteiger partial charge in [-0.1, -0.05) is 0 Å². The van der Waals surface area contributed by atoms with Crippen molar-refractivity contribution in [1.29, 1.82) is 0 Å². The van der Waals surface area contributed by atoms with Crippen molar-refractivity contribution in [2.24, 2.45) is 11.5 Å². The van der Waals surface area contributed by atoms with Crippen molar-refractivity contribution >= 4 is 11.8 Å². The fourth-order valence-electron chi connectivity index (χ4n) is 1.39. The Balaban J connectivity index is 2.34. The SMILES string of the molecule is NC(=O)C=CN1CCN(C=CC(N)=O)CC1. The Kier molecular flexibility index (Phi) is 4.38. The molecule has 1 aliphatic heterocycles. The zero-order chi connectivity index (χ0) is 12.0. The number of hydrogen-bond donors (Lipinski definition) is 2. The van der Waals surface area contributed by atoms with Crippen LogP contribution in [-0.4, -0.2) is 47.8 Å². The highest BCUT2D eigenvalue weighted by Gasteiger charge is 2.11. The number of amides is 2. The largest absolute Gasteiger partial charge is 0.374 e. The number of primary amides is 2. The van der Waals surface area contributed by atoms with Crippen LogP contribution in [0.2, 0.25) is 0 Å². The standard InChI is InChI=1S/C10H16N4O2/c11-9(15)1-3-13-5-7-14(8-6-13)4-2-10(12)16/h1-4H,5-8H2,(H2,11,15)(H2,12,16). The van der Waals surface area contributed by atoms with Crippen molar-refractivity contribution in [3.05, 3.63) is 24.6 Å². The van der Waals surface area contributed by atoms with E-state index in [1.54, 1.807) is 12.4 Å². The number of nitrogens with two attached hydrogens (primary N) is 2. The molecule has 16 heavy (non-hydrogen) atoms. The van der Waals surface area contributed by atoms with Gasteiger partial charge >= 0.3 is 0 Å². The lowest BCUT2D eigenvalue weighted by atomic mass is 10.3. The predicted octanol–water partition coefficient (Wildman–Crippen LogP) is -1.40. The minimum Gasteiger partial charge on any atom is -0.374 e. The van der Waals surface area contributed by atoms with Crippen molar-refractivity contribution in [1.82, 2.24) is 9.80 Å².